The maximum absolute atomic E-state index is 13.7. The van der Waals surface area contributed by atoms with Crippen LogP contribution in [0.4, 0.5) is 5.69 Å². The molecule has 7 nitrogen and oxygen atoms in total. The van der Waals surface area contributed by atoms with Gasteiger partial charge in [-0.15, -0.1) is 0 Å². The number of hydrogen-bond donors (Lipinski definition) is 1. The molecule has 0 saturated carbocycles. The minimum atomic E-state index is -0.571. The van der Waals surface area contributed by atoms with Gasteiger partial charge in [0.2, 0.25) is 0 Å². The highest BCUT2D eigenvalue weighted by molar-refractivity contribution is 8.27. The largest absolute Gasteiger partial charge is 0.496 e. The standard InChI is InChI=1S/C25H22N2O5S2/c1-12-11-25(2,3)27-19-15(12)9-13(32-23(30)14-7-5-6-8-17(14)31-4)10-16(19)18(22(27)29)20-21(28)26-24(33)34-20/h5-10,12H,11H2,1-4H3,(H,26,28,33). The second-order valence-corrected chi connectivity index (χ2v) is 10.8. The van der Waals surface area contributed by atoms with Crippen molar-refractivity contribution >= 4 is 57.3 Å². The van der Waals surface area contributed by atoms with Gasteiger partial charge in [-0.2, -0.15) is 0 Å². The second kappa shape index (κ2) is 7.95. The SMILES string of the molecule is COc1ccccc1C(=O)Oc1cc2c3c(c1)C(C)CC(C)(C)N3C(=O)C2=C1SC(=S)NC1=O. The van der Waals surface area contributed by atoms with E-state index in [9.17, 15) is 14.4 Å². The first-order valence-electron chi connectivity index (χ1n) is 10.8. The third kappa shape index (κ3) is 3.42. The predicted octanol–water partition coefficient (Wildman–Crippen LogP) is 4.41. The zero-order valence-corrected chi connectivity index (χ0v) is 20.7. The highest BCUT2D eigenvalue weighted by Gasteiger charge is 2.49. The highest BCUT2D eigenvalue weighted by atomic mass is 32.2. The van der Waals surface area contributed by atoms with Gasteiger partial charge in [-0.3, -0.25) is 9.59 Å². The summed E-state index contributed by atoms with van der Waals surface area (Å²) in [6.07, 6.45) is 0.718. The lowest BCUT2D eigenvalue weighted by Crippen LogP contribution is -2.49. The number of nitrogens with one attached hydrogen (secondary N) is 1. The van der Waals surface area contributed by atoms with E-state index in [1.165, 1.54) is 7.11 Å². The second-order valence-electron chi connectivity index (χ2n) is 9.10. The third-order valence-electron chi connectivity index (χ3n) is 6.35. The molecule has 3 heterocycles. The van der Waals surface area contributed by atoms with Crippen LogP contribution in [0, 0.1) is 0 Å². The molecule has 2 aromatic rings. The number of anilines is 1. The van der Waals surface area contributed by atoms with Crippen molar-refractivity contribution in [1.29, 1.82) is 0 Å². The number of para-hydroxylation sites is 1. The lowest BCUT2D eigenvalue weighted by Gasteiger charge is -2.43. The number of thiocarbonyl (C=S) groups is 1. The van der Waals surface area contributed by atoms with Crippen LogP contribution < -0.4 is 19.7 Å². The van der Waals surface area contributed by atoms with Crippen LogP contribution in [0.25, 0.3) is 5.57 Å². The molecule has 1 unspecified atom stereocenters. The Morgan fingerprint density at radius 3 is 2.65 bits per heavy atom. The van der Waals surface area contributed by atoms with E-state index < -0.39 is 17.4 Å². The molecule has 34 heavy (non-hydrogen) atoms. The smallest absolute Gasteiger partial charge is 0.347 e. The molecule has 1 fully saturated rings. The number of nitrogens with zero attached hydrogens (tertiary/aromatic N) is 1. The summed E-state index contributed by atoms with van der Waals surface area (Å²) in [6, 6.07) is 10.3. The topological polar surface area (TPSA) is 84.9 Å². The zero-order chi connectivity index (χ0) is 24.4. The van der Waals surface area contributed by atoms with Crippen LogP contribution in [0.5, 0.6) is 11.5 Å². The monoisotopic (exact) mass is 494 g/mol. The average Bonchev–Trinajstić information content (AvgIpc) is 3.26. The summed E-state index contributed by atoms with van der Waals surface area (Å²) >= 11 is 6.24. The lowest BCUT2D eigenvalue weighted by molar-refractivity contribution is -0.116. The van der Waals surface area contributed by atoms with Crippen LogP contribution in [0.15, 0.2) is 41.3 Å². The Balaban J connectivity index is 1.67. The van der Waals surface area contributed by atoms with Crippen LogP contribution in [0.1, 0.15) is 54.6 Å². The van der Waals surface area contributed by atoms with E-state index in [1.807, 2.05) is 19.9 Å². The summed E-state index contributed by atoms with van der Waals surface area (Å²) in [4.78, 5) is 41.3. The normalized spacial score (nSPS) is 22.5. The number of ether oxygens (including phenoxy) is 2. The van der Waals surface area contributed by atoms with E-state index in [2.05, 4.69) is 12.2 Å². The minimum Gasteiger partial charge on any atom is -0.496 e. The van der Waals surface area contributed by atoms with E-state index in [0.717, 1.165) is 29.4 Å². The maximum Gasteiger partial charge on any atom is 0.347 e. The van der Waals surface area contributed by atoms with E-state index in [1.54, 1.807) is 35.2 Å². The molecule has 0 radical (unpaired) electrons. The molecule has 1 saturated heterocycles. The van der Waals surface area contributed by atoms with E-state index in [-0.39, 0.29) is 22.3 Å². The zero-order valence-electron chi connectivity index (χ0n) is 19.1. The maximum atomic E-state index is 13.7. The molecule has 0 spiro atoms. The molecule has 174 valence electrons. The molecule has 1 atom stereocenters. The summed E-state index contributed by atoms with van der Waals surface area (Å²) < 4.78 is 11.4. The summed E-state index contributed by atoms with van der Waals surface area (Å²) in [6.45, 7) is 6.12. The fourth-order valence-corrected chi connectivity index (χ4v) is 6.15. The number of amides is 2. The highest BCUT2D eigenvalue weighted by Crippen LogP contribution is 2.54. The Bertz CT molecular complexity index is 1330. The molecule has 0 aliphatic carbocycles. The van der Waals surface area contributed by atoms with Crippen molar-refractivity contribution in [2.45, 2.75) is 38.6 Å². The molecule has 9 heteroatoms. The first-order chi connectivity index (χ1) is 16.1. The summed E-state index contributed by atoms with van der Waals surface area (Å²) in [5.74, 6) is -0.402. The van der Waals surface area contributed by atoms with Gasteiger partial charge in [0.05, 0.1) is 23.3 Å². The molecule has 2 aromatic carbocycles. The molecule has 1 N–H and O–H groups in total. The van der Waals surface area contributed by atoms with Gasteiger partial charge < -0.3 is 19.7 Å². The van der Waals surface area contributed by atoms with Gasteiger partial charge in [0.1, 0.15) is 21.4 Å². The number of carbonyl (C=O) groups is 3. The van der Waals surface area contributed by atoms with Crippen molar-refractivity contribution in [3.05, 3.63) is 58.0 Å². The van der Waals surface area contributed by atoms with Crippen LogP contribution in [-0.2, 0) is 9.59 Å². The summed E-state index contributed by atoms with van der Waals surface area (Å²) in [5, 5.41) is 2.60. The Morgan fingerprint density at radius 1 is 1.24 bits per heavy atom. The van der Waals surface area contributed by atoms with E-state index in [4.69, 9.17) is 21.7 Å². The number of hydrogen-bond acceptors (Lipinski definition) is 7. The van der Waals surface area contributed by atoms with Crippen molar-refractivity contribution in [3.63, 3.8) is 0 Å². The van der Waals surface area contributed by atoms with Crippen LogP contribution in [0.3, 0.4) is 0 Å². The first-order valence-corrected chi connectivity index (χ1v) is 12.0. The van der Waals surface area contributed by atoms with E-state index >= 15 is 0 Å². The molecule has 0 aromatic heterocycles. The Labute approximate surface area is 206 Å². The molecular weight excluding hydrogens is 472 g/mol. The number of rotatable bonds is 3. The Kier molecular flexibility index (Phi) is 5.29. The third-order valence-corrected chi connectivity index (χ3v) is 7.58. The predicted molar refractivity (Wildman–Crippen MR) is 134 cm³/mol. The quantitative estimate of drug-likeness (QED) is 0.293. The number of esters is 1. The Hall–Kier alpha value is -3.17. The van der Waals surface area contributed by atoms with E-state index in [0.29, 0.717) is 26.9 Å². The molecule has 5 rings (SSSR count). The molecular formula is C25H22N2O5S2. The van der Waals surface area contributed by atoms with Gasteiger partial charge in [0.15, 0.2) is 0 Å². The van der Waals surface area contributed by atoms with Crippen molar-refractivity contribution in [2.24, 2.45) is 0 Å². The van der Waals surface area contributed by atoms with Gasteiger partial charge in [0, 0.05) is 11.1 Å². The van der Waals surface area contributed by atoms with Gasteiger partial charge in [-0.1, -0.05) is 43.0 Å². The van der Waals surface area contributed by atoms with Gasteiger partial charge in [-0.05, 0) is 56.0 Å². The van der Waals surface area contributed by atoms with Gasteiger partial charge in [-0.25, -0.2) is 4.79 Å². The number of thioether (sulfide) groups is 1. The molecule has 3 aliphatic heterocycles. The van der Waals surface area contributed by atoms with Crippen molar-refractivity contribution in [3.8, 4) is 11.5 Å². The fraction of sp³-hybridized carbons (Fsp3) is 0.280. The number of carbonyl (C=O) groups excluding carboxylic acids is 3. The summed E-state index contributed by atoms with van der Waals surface area (Å²) in [5.41, 5.74) is 2.37. The van der Waals surface area contributed by atoms with Crippen LogP contribution in [0.2, 0.25) is 0 Å². The minimum absolute atomic E-state index is 0.105. The fourth-order valence-electron chi connectivity index (χ4n) is 5.03. The summed E-state index contributed by atoms with van der Waals surface area (Å²) in [7, 11) is 1.49. The van der Waals surface area contributed by atoms with Crippen molar-refractivity contribution < 1.29 is 23.9 Å². The van der Waals surface area contributed by atoms with Crippen LogP contribution in [-0.4, -0.2) is 34.8 Å². The number of benzene rings is 2. The van der Waals surface area contributed by atoms with Gasteiger partial charge >= 0.3 is 5.97 Å². The molecule has 3 aliphatic rings. The average molecular weight is 495 g/mol. The van der Waals surface area contributed by atoms with Crippen molar-refractivity contribution in [2.75, 3.05) is 12.0 Å². The number of methoxy groups -OCH3 is 1. The van der Waals surface area contributed by atoms with Crippen molar-refractivity contribution in [1.82, 2.24) is 5.32 Å². The lowest BCUT2D eigenvalue weighted by atomic mass is 9.80. The molecule has 0 bridgehead atoms. The molecule has 2 amide bonds. The van der Waals surface area contributed by atoms with Gasteiger partial charge in [0.25, 0.3) is 11.8 Å². The first kappa shape index (κ1) is 22.6. The van der Waals surface area contributed by atoms with Crippen LogP contribution >= 0.6 is 24.0 Å². The Morgan fingerprint density at radius 2 is 1.97 bits per heavy atom.